The van der Waals surface area contributed by atoms with Crippen LogP contribution in [0, 0.1) is 0 Å². The number of hydrogen-bond acceptors (Lipinski definition) is 6. The minimum atomic E-state index is -3.43. The number of rotatable bonds is 7. The second-order valence-electron chi connectivity index (χ2n) is 3.39. The van der Waals surface area contributed by atoms with Crippen molar-refractivity contribution < 1.29 is 26.8 Å². The van der Waals surface area contributed by atoms with Crippen molar-refractivity contribution in [2.45, 2.75) is 0 Å². The molecule has 102 valence electrons. The van der Waals surface area contributed by atoms with Gasteiger partial charge >= 0.3 is 0 Å². The van der Waals surface area contributed by atoms with E-state index in [1.807, 2.05) is 0 Å². The predicted molar refractivity (Wildman–Crippen MR) is 65.8 cm³/mol. The molecule has 0 aromatic heterocycles. The van der Waals surface area contributed by atoms with Crippen molar-refractivity contribution in [2.75, 3.05) is 33.7 Å². The van der Waals surface area contributed by atoms with E-state index in [9.17, 15) is 8.42 Å². The largest absolute Gasteiger partial charge is 0.493 e. The van der Waals surface area contributed by atoms with E-state index in [0.29, 0.717) is 17.2 Å². The molecule has 6 nitrogen and oxygen atoms in total. The highest BCUT2D eigenvalue weighted by molar-refractivity contribution is 7.85. The highest BCUT2D eigenvalue weighted by atomic mass is 32.2. The Bertz CT molecular complexity index is 482. The van der Waals surface area contributed by atoms with Crippen LogP contribution in [0.15, 0.2) is 18.2 Å². The molecule has 0 saturated heterocycles. The first-order valence-corrected chi connectivity index (χ1v) is 6.97. The lowest BCUT2D eigenvalue weighted by molar-refractivity contribution is 0.221. The minimum absolute atomic E-state index is 0.0345. The standard InChI is InChI=1S/C11H16O6S/c1-14-10-5-4-9(8-11(10)15-2)16-6-7-17-18(3,12)13/h4-5,8H,6-7H2,1-3H3. The van der Waals surface area contributed by atoms with Gasteiger partial charge in [0.25, 0.3) is 10.1 Å². The summed E-state index contributed by atoms with van der Waals surface area (Å²) in [6, 6.07) is 5.05. The molecule has 18 heavy (non-hydrogen) atoms. The van der Waals surface area contributed by atoms with Gasteiger partial charge < -0.3 is 14.2 Å². The topological polar surface area (TPSA) is 71.1 Å². The second kappa shape index (κ2) is 6.46. The number of methoxy groups -OCH3 is 2. The highest BCUT2D eigenvalue weighted by Gasteiger charge is 2.06. The molecule has 0 spiro atoms. The van der Waals surface area contributed by atoms with Crippen LogP contribution in [0.5, 0.6) is 17.2 Å². The quantitative estimate of drug-likeness (QED) is 0.548. The molecule has 0 aliphatic heterocycles. The van der Waals surface area contributed by atoms with Crippen LogP contribution in [0.1, 0.15) is 0 Å². The average molecular weight is 276 g/mol. The van der Waals surface area contributed by atoms with Crippen molar-refractivity contribution in [1.82, 2.24) is 0 Å². The van der Waals surface area contributed by atoms with Gasteiger partial charge in [0.1, 0.15) is 19.0 Å². The van der Waals surface area contributed by atoms with Gasteiger partial charge in [-0.05, 0) is 12.1 Å². The third-order valence-corrected chi connectivity index (χ3v) is 2.60. The number of ether oxygens (including phenoxy) is 3. The summed E-state index contributed by atoms with van der Waals surface area (Å²) in [5.74, 6) is 1.68. The van der Waals surface area contributed by atoms with Gasteiger partial charge in [-0.15, -0.1) is 0 Å². The number of hydrogen-bond donors (Lipinski definition) is 0. The van der Waals surface area contributed by atoms with Gasteiger partial charge in [-0.3, -0.25) is 4.18 Å². The molecular formula is C11H16O6S. The second-order valence-corrected chi connectivity index (χ2v) is 5.04. The van der Waals surface area contributed by atoms with E-state index in [1.165, 1.54) is 7.11 Å². The summed E-state index contributed by atoms with van der Waals surface area (Å²) < 4.78 is 41.5. The van der Waals surface area contributed by atoms with Gasteiger partial charge in [-0.1, -0.05) is 0 Å². The van der Waals surface area contributed by atoms with Crippen LogP contribution in [-0.2, 0) is 14.3 Å². The van der Waals surface area contributed by atoms with Crippen molar-refractivity contribution in [3.8, 4) is 17.2 Å². The molecule has 7 heteroatoms. The Hall–Kier alpha value is -1.47. The molecule has 0 saturated carbocycles. The Kier molecular flexibility index (Phi) is 5.24. The van der Waals surface area contributed by atoms with Crippen LogP contribution in [0.4, 0.5) is 0 Å². The van der Waals surface area contributed by atoms with Gasteiger partial charge in [0.05, 0.1) is 20.5 Å². The fourth-order valence-electron chi connectivity index (χ4n) is 1.25. The summed E-state index contributed by atoms with van der Waals surface area (Å²) in [6.45, 7) is 0.0930. The molecule has 0 N–H and O–H groups in total. The molecule has 0 heterocycles. The summed E-state index contributed by atoms with van der Waals surface area (Å²) in [5, 5.41) is 0. The van der Waals surface area contributed by atoms with Gasteiger partial charge in [-0.2, -0.15) is 8.42 Å². The molecule has 1 aromatic carbocycles. The summed E-state index contributed by atoms with van der Waals surface area (Å²) in [6.07, 6.45) is 0.989. The van der Waals surface area contributed by atoms with Crippen LogP contribution in [0.25, 0.3) is 0 Å². The first-order valence-electron chi connectivity index (χ1n) is 5.15. The molecule has 0 atom stereocenters. The van der Waals surface area contributed by atoms with Crippen molar-refractivity contribution in [1.29, 1.82) is 0 Å². The van der Waals surface area contributed by atoms with Crippen molar-refractivity contribution in [3.05, 3.63) is 18.2 Å². The Morgan fingerprint density at radius 1 is 1.06 bits per heavy atom. The zero-order chi connectivity index (χ0) is 13.6. The van der Waals surface area contributed by atoms with E-state index in [-0.39, 0.29) is 13.2 Å². The maximum Gasteiger partial charge on any atom is 0.264 e. The molecule has 1 aromatic rings. The smallest absolute Gasteiger partial charge is 0.264 e. The van der Waals surface area contributed by atoms with Gasteiger partial charge in [0, 0.05) is 6.07 Å². The van der Waals surface area contributed by atoms with E-state index in [2.05, 4.69) is 4.18 Å². The van der Waals surface area contributed by atoms with Crippen molar-refractivity contribution in [3.63, 3.8) is 0 Å². The minimum Gasteiger partial charge on any atom is -0.493 e. The SMILES string of the molecule is COc1ccc(OCCOS(C)(=O)=O)cc1OC. The first kappa shape index (κ1) is 14.6. The lowest BCUT2D eigenvalue weighted by atomic mass is 10.3. The van der Waals surface area contributed by atoms with Crippen LogP contribution in [-0.4, -0.2) is 42.1 Å². The molecular weight excluding hydrogens is 260 g/mol. The van der Waals surface area contributed by atoms with Gasteiger partial charge in [-0.25, -0.2) is 0 Å². The molecule has 0 aliphatic carbocycles. The summed E-state index contributed by atoms with van der Waals surface area (Å²) in [7, 11) is -0.365. The van der Waals surface area contributed by atoms with E-state index in [0.717, 1.165) is 6.26 Å². The van der Waals surface area contributed by atoms with E-state index in [4.69, 9.17) is 14.2 Å². The van der Waals surface area contributed by atoms with Crippen LogP contribution in [0.3, 0.4) is 0 Å². The molecule has 0 amide bonds. The van der Waals surface area contributed by atoms with Crippen molar-refractivity contribution in [2.24, 2.45) is 0 Å². The summed E-state index contributed by atoms with van der Waals surface area (Å²) in [5.41, 5.74) is 0. The van der Waals surface area contributed by atoms with Gasteiger partial charge in [0.15, 0.2) is 11.5 Å². The molecule has 0 radical (unpaired) electrons. The van der Waals surface area contributed by atoms with Crippen molar-refractivity contribution >= 4 is 10.1 Å². The fraction of sp³-hybridized carbons (Fsp3) is 0.455. The molecule has 0 bridgehead atoms. The predicted octanol–water partition coefficient (Wildman–Crippen LogP) is 1.06. The lowest BCUT2D eigenvalue weighted by Crippen LogP contribution is -2.11. The monoisotopic (exact) mass is 276 g/mol. The third-order valence-electron chi connectivity index (χ3n) is 2.00. The summed E-state index contributed by atoms with van der Waals surface area (Å²) >= 11 is 0. The molecule has 0 fully saturated rings. The average Bonchev–Trinajstić information content (AvgIpc) is 2.33. The maximum absolute atomic E-state index is 10.7. The third kappa shape index (κ3) is 4.80. The maximum atomic E-state index is 10.7. The fourth-order valence-corrected chi connectivity index (χ4v) is 1.62. The van der Waals surface area contributed by atoms with Crippen LogP contribution < -0.4 is 14.2 Å². The zero-order valence-corrected chi connectivity index (χ0v) is 11.3. The summed E-state index contributed by atoms with van der Waals surface area (Å²) in [4.78, 5) is 0. The molecule has 1 rings (SSSR count). The Labute approximate surface area is 107 Å². The Morgan fingerprint density at radius 3 is 2.28 bits per heavy atom. The Balaban J connectivity index is 2.53. The normalized spacial score (nSPS) is 11.1. The van der Waals surface area contributed by atoms with Crippen LogP contribution in [0.2, 0.25) is 0 Å². The number of benzene rings is 1. The Morgan fingerprint density at radius 2 is 1.72 bits per heavy atom. The van der Waals surface area contributed by atoms with E-state index < -0.39 is 10.1 Å². The molecule has 0 unspecified atom stereocenters. The van der Waals surface area contributed by atoms with Crippen LogP contribution >= 0.6 is 0 Å². The van der Waals surface area contributed by atoms with Gasteiger partial charge in [0.2, 0.25) is 0 Å². The lowest BCUT2D eigenvalue weighted by Gasteiger charge is -2.10. The molecule has 0 aliphatic rings. The highest BCUT2D eigenvalue weighted by Crippen LogP contribution is 2.30. The first-order chi connectivity index (χ1) is 8.46. The van der Waals surface area contributed by atoms with E-state index >= 15 is 0 Å². The zero-order valence-electron chi connectivity index (χ0n) is 10.5. The van der Waals surface area contributed by atoms with E-state index in [1.54, 1.807) is 25.3 Å².